The Bertz CT molecular complexity index is 339. The molecule has 0 bridgehead atoms. The van der Waals surface area contributed by atoms with Gasteiger partial charge in [0.15, 0.2) is 0 Å². The van der Waals surface area contributed by atoms with Gasteiger partial charge in [0.05, 0.1) is 17.0 Å². The van der Waals surface area contributed by atoms with Crippen molar-refractivity contribution in [3.8, 4) is 0 Å². The molecule has 0 heterocycles. The summed E-state index contributed by atoms with van der Waals surface area (Å²) in [6.07, 6.45) is 0. The fraction of sp³-hybridized carbons (Fsp3) is 0.455. The number of rotatable bonds is 4. The van der Waals surface area contributed by atoms with Crippen LogP contribution in [0.15, 0.2) is 18.2 Å². The maximum atomic E-state index is 13.1. The van der Waals surface area contributed by atoms with Crippen LogP contribution in [-0.2, 0) is 4.74 Å². The van der Waals surface area contributed by atoms with Gasteiger partial charge in [-0.15, -0.1) is 0 Å². The number of halogens is 1. The second-order valence-corrected chi connectivity index (χ2v) is 4.02. The zero-order valence-corrected chi connectivity index (χ0v) is 9.30. The van der Waals surface area contributed by atoms with Crippen molar-refractivity contribution in [2.45, 2.75) is 19.4 Å². The van der Waals surface area contributed by atoms with E-state index in [-0.39, 0.29) is 11.3 Å². The van der Waals surface area contributed by atoms with Gasteiger partial charge in [-0.25, -0.2) is 4.39 Å². The van der Waals surface area contributed by atoms with Crippen LogP contribution in [-0.4, -0.2) is 19.3 Å². The Morgan fingerprint density at radius 1 is 1.47 bits per heavy atom. The molecule has 1 rings (SSSR count). The van der Waals surface area contributed by atoms with Gasteiger partial charge in [0.25, 0.3) is 0 Å². The summed E-state index contributed by atoms with van der Waals surface area (Å²) >= 11 is 0. The molecule has 1 aromatic carbocycles. The molecule has 15 heavy (non-hydrogen) atoms. The van der Waals surface area contributed by atoms with Crippen LogP contribution in [0.2, 0.25) is 0 Å². The van der Waals surface area contributed by atoms with Gasteiger partial charge in [-0.05, 0) is 26.0 Å². The van der Waals surface area contributed by atoms with E-state index in [1.165, 1.54) is 6.07 Å². The molecule has 0 atom stereocenters. The van der Waals surface area contributed by atoms with Crippen molar-refractivity contribution >= 4 is 11.4 Å². The summed E-state index contributed by atoms with van der Waals surface area (Å²) in [6.45, 7) is 4.45. The Kier molecular flexibility index (Phi) is 3.52. The van der Waals surface area contributed by atoms with Crippen molar-refractivity contribution in [3.05, 3.63) is 24.0 Å². The van der Waals surface area contributed by atoms with Crippen molar-refractivity contribution in [1.82, 2.24) is 0 Å². The van der Waals surface area contributed by atoms with Gasteiger partial charge in [-0.3, -0.25) is 0 Å². The first-order chi connectivity index (χ1) is 6.96. The summed E-state index contributed by atoms with van der Waals surface area (Å²) in [7, 11) is 1.64. The van der Waals surface area contributed by atoms with E-state index in [4.69, 9.17) is 10.5 Å². The number of methoxy groups -OCH3 is 1. The molecule has 0 aliphatic heterocycles. The molecule has 0 radical (unpaired) electrons. The third kappa shape index (κ3) is 3.09. The summed E-state index contributed by atoms with van der Waals surface area (Å²) in [4.78, 5) is 0. The summed E-state index contributed by atoms with van der Waals surface area (Å²) in [5, 5.41) is 3.05. The normalized spacial score (nSPS) is 11.5. The average molecular weight is 212 g/mol. The lowest BCUT2D eigenvalue weighted by Crippen LogP contribution is -2.32. The Labute approximate surface area is 89.4 Å². The number of nitrogens with one attached hydrogen (secondary N) is 1. The SMILES string of the molecule is COC(C)(C)CNc1cccc(F)c1N. The van der Waals surface area contributed by atoms with E-state index >= 15 is 0 Å². The van der Waals surface area contributed by atoms with Crippen LogP contribution >= 0.6 is 0 Å². The molecule has 0 aromatic heterocycles. The van der Waals surface area contributed by atoms with Gasteiger partial charge in [0.2, 0.25) is 0 Å². The van der Waals surface area contributed by atoms with E-state index < -0.39 is 5.82 Å². The quantitative estimate of drug-likeness (QED) is 0.752. The number of nitrogen functional groups attached to an aromatic ring is 1. The highest BCUT2D eigenvalue weighted by atomic mass is 19.1. The highest BCUT2D eigenvalue weighted by molar-refractivity contribution is 5.66. The third-order valence-electron chi connectivity index (χ3n) is 2.31. The van der Waals surface area contributed by atoms with Gasteiger partial charge in [0.1, 0.15) is 5.82 Å². The van der Waals surface area contributed by atoms with Gasteiger partial charge in [0, 0.05) is 13.7 Å². The van der Waals surface area contributed by atoms with Crippen LogP contribution < -0.4 is 11.1 Å². The molecule has 0 fully saturated rings. The molecule has 1 aromatic rings. The maximum absolute atomic E-state index is 13.1. The topological polar surface area (TPSA) is 47.3 Å². The number of ether oxygens (including phenoxy) is 1. The fourth-order valence-corrected chi connectivity index (χ4v) is 1.07. The van der Waals surface area contributed by atoms with Crippen LogP contribution in [0.4, 0.5) is 15.8 Å². The first-order valence-electron chi connectivity index (χ1n) is 4.79. The molecule has 0 saturated carbocycles. The van der Waals surface area contributed by atoms with E-state index in [1.54, 1.807) is 19.2 Å². The largest absolute Gasteiger partial charge is 0.395 e. The summed E-state index contributed by atoms with van der Waals surface area (Å²) in [5.41, 5.74) is 6.01. The molecule has 0 unspecified atom stereocenters. The highest BCUT2D eigenvalue weighted by Crippen LogP contribution is 2.22. The van der Waals surface area contributed by atoms with Crippen LogP contribution in [0.5, 0.6) is 0 Å². The molecule has 0 aliphatic rings. The minimum absolute atomic E-state index is 0.143. The zero-order chi connectivity index (χ0) is 11.5. The number of hydrogen-bond acceptors (Lipinski definition) is 3. The summed E-state index contributed by atoms with van der Waals surface area (Å²) < 4.78 is 18.3. The van der Waals surface area contributed by atoms with Crippen LogP contribution in [0.3, 0.4) is 0 Å². The van der Waals surface area contributed by atoms with Crippen LogP contribution in [0.1, 0.15) is 13.8 Å². The second-order valence-electron chi connectivity index (χ2n) is 4.02. The number of benzene rings is 1. The van der Waals surface area contributed by atoms with Crippen LogP contribution in [0, 0.1) is 5.82 Å². The first kappa shape index (κ1) is 11.8. The van der Waals surface area contributed by atoms with Crippen molar-refractivity contribution in [3.63, 3.8) is 0 Å². The molecule has 0 saturated heterocycles. The molecule has 3 nitrogen and oxygen atoms in total. The van der Waals surface area contributed by atoms with Crippen molar-refractivity contribution in [2.24, 2.45) is 0 Å². The molecule has 0 spiro atoms. The number of anilines is 2. The van der Waals surface area contributed by atoms with Gasteiger partial charge >= 0.3 is 0 Å². The third-order valence-corrected chi connectivity index (χ3v) is 2.31. The number of para-hydroxylation sites is 1. The fourth-order valence-electron chi connectivity index (χ4n) is 1.07. The molecule has 4 heteroatoms. The lowest BCUT2D eigenvalue weighted by Gasteiger charge is -2.24. The van der Waals surface area contributed by atoms with Crippen molar-refractivity contribution in [1.29, 1.82) is 0 Å². The highest BCUT2D eigenvalue weighted by Gasteiger charge is 2.16. The molecule has 3 N–H and O–H groups in total. The van der Waals surface area contributed by atoms with Gasteiger partial charge in [-0.2, -0.15) is 0 Å². The van der Waals surface area contributed by atoms with Crippen molar-refractivity contribution in [2.75, 3.05) is 24.7 Å². The van der Waals surface area contributed by atoms with Crippen molar-refractivity contribution < 1.29 is 9.13 Å². The predicted octanol–water partition coefficient (Wildman–Crippen LogP) is 2.24. The van der Waals surface area contributed by atoms with Gasteiger partial charge in [-0.1, -0.05) is 6.07 Å². The molecule has 84 valence electrons. The second kappa shape index (κ2) is 4.49. The summed E-state index contributed by atoms with van der Waals surface area (Å²) in [6, 6.07) is 4.69. The lowest BCUT2D eigenvalue weighted by molar-refractivity contribution is 0.0344. The molecular formula is C11H17FN2O. The molecule has 0 amide bonds. The number of nitrogens with two attached hydrogens (primary N) is 1. The smallest absolute Gasteiger partial charge is 0.148 e. The molecular weight excluding hydrogens is 195 g/mol. The average Bonchev–Trinajstić information content (AvgIpc) is 2.20. The standard InChI is InChI=1S/C11H17FN2O/c1-11(2,15-3)7-14-9-6-4-5-8(12)10(9)13/h4-6,14H,7,13H2,1-3H3. The van der Waals surface area contributed by atoms with E-state index in [9.17, 15) is 4.39 Å². The van der Waals surface area contributed by atoms with E-state index in [0.717, 1.165) is 0 Å². The predicted molar refractivity (Wildman–Crippen MR) is 60.4 cm³/mol. The van der Waals surface area contributed by atoms with Gasteiger partial charge < -0.3 is 15.8 Å². The number of hydrogen-bond donors (Lipinski definition) is 2. The van der Waals surface area contributed by atoms with Crippen LogP contribution in [0.25, 0.3) is 0 Å². The first-order valence-corrected chi connectivity index (χ1v) is 4.79. The maximum Gasteiger partial charge on any atom is 0.148 e. The zero-order valence-electron chi connectivity index (χ0n) is 9.30. The van der Waals surface area contributed by atoms with E-state index in [1.807, 2.05) is 13.8 Å². The monoisotopic (exact) mass is 212 g/mol. The Morgan fingerprint density at radius 3 is 2.73 bits per heavy atom. The minimum atomic E-state index is -0.407. The minimum Gasteiger partial charge on any atom is -0.395 e. The van der Waals surface area contributed by atoms with E-state index in [2.05, 4.69) is 5.32 Å². The Balaban J connectivity index is 2.70. The Hall–Kier alpha value is -1.29. The van der Waals surface area contributed by atoms with E-state index in [0.29, 0.717) is 12.2 Å². The Morgan fingerprint density at radius 2 is 2.13 bits per heavy atom. The molecule has 0 aliphatic carbocycles. The lowest BCUT2D eigenvalue weighted by atomic mass is 10.1. The summed E-state index contributed by atoms with van der Waals surface area (Å²) in [5.74, 6) is -0.407.